The van der Waals surface area contributed by atoms with Crippen molar-refractivity contribution in [2.75, 3.05) is 7.11 Å². The first-order valence-corrected chi connectivity index (χ1v) is 5.39. The van der Waals surface area contributed by atoms with Crippen LogP contribution in [0.2, 0.25) is 5.02 Å². The first kappa shape index (κ1) is 12.1. The number of carbonyl (C=O) groups is 1. The molecule has 1 rings (SSSR count). The first-order chi connectivity index (χ1) is 7.17. The fraction of sp³-hybridized carbons (Fsp3) is 0.417. The number of rotatable bonds is 5. The summed E-state index contributed by atoms with van der Waals surface area (Å²) < 4.78 is 5.20. The van der Waals surface area contributed by atoms with Gasteiger partial charge in [-0.25, -0.2) is 0 Å². The molecular formula is C12H15ClO2. The Balaban J connectivity index is 2.74. The van der Waals surface area contributed by atoms with Crippen molar-refractivity contribution in [1.29, 1.82) is 0 Å². The van der Waals surface area contributed by atoms with E-state index in [1.165, 1.54) is 0 Å². The van der Waals surface area contributed by atoms with Gasteiger partial charge < -0.3 is 4.74 Å². The summed E-state index contributed by atoms with van der Waals surface area (Å²) in [5.41, 5.74) is 0.992. The summed E-state index contributed by atoms with van der Waals surface area (Å²) in [6, 6.07) is 5.46. The van der Waals surface area contributed by atoms with E-state index in [-0.39, 0.29) is 5.78 Å². The number of ketones is 1. The summed E-state index contributed by atoms with van der Waals surface area (Å²) in [5.74, 6) is 1.06. The minimum absolute atomic E-state index is 0.261. The largest absolute Gasteiger partial charge is 0.496 e. The van der Waals surface area contributed by atoms with Gasteiger partial charge in [-0.1, -0.05) is 18.5 Å². The van der Waals surface area contributed by atoms with Gasteiger partial charge in [0.05, 0.1) is 7.11 Å². The second-order valence-corrected chi connectivity index (χ2v) is 3.78. The molecule has 1 aromatic carbocycles. The number of carbonyl (C=O) groups excluding carboxylic acids is 1. The summed E-state index contributed by atoms with van der Waals surface area (Å²) in [4.78, 5) is 11.2. The molecule has 0 amide bonds. The van der Waals surface area contributed by atoms with E-state index in [1.807, 2.05) is 19.1 Å². The summed E-state index contributed by atoms with van der Waals surface area (Å²) >= 11 is 5.88. The van der Waals surface area contributed by atoms with Crippen LogP contribution < -0.4 is 4.74 Å². The number of Topliss-reactive ketones (excluding diaryl/α,β-unsaturated/α-hetero) is 1. The smallest absolute Gasteiger partial charge is 0.132 e. The Bertz CT molecular complexity index is 347. The third-order valence-corrected chi connectivity index (χ3v) is 2.55. The number of aryl methyl sites for hydroxylation is 1. The van der Waals surface area contributed by atoms with Crippen LogP contribution in [0.4, 0.5) is 0 Å². The van der Waals surface area contributed by atoms with Gasteiger partial charge in [0.25, 0.3) is 0 Å². The van der Waals surface area contributed by atoms with Gasteiger partial charge in [-0.05, 0) is 30.2 Å². The third-order valence-electron chi connectivity index (χ3n) is 2.31. The Morgan fingerprint density at radius 1 is 1.47 bits per heavy atom. The zero-order chi connectivity index (χ0) is 11.3. The number of hydrogen-bond donors (Lipinski definition) is 0. The lowest BCUT2D eigenvalue weighted by atomic mass is 10.1. The minimum atomic E-state index is 0.261. The van der Waals surface area contributed by atoms with Gasteiger partial charge >= 0.3 is 0 Å². The van der Waals surface area contributed by atoms with E-state index in [1.54, 1.807) is 13.2 Å². The normalized spacial score (nSPS) is 10.1. The molecule has 0 fully saturated rings. The molecule has 15 heavy (non-hydrogen) atoms. The molecule has 0 heterocycles. The van der Waals surface area contributed by atoms with Gasteiger partial charge in [0.1, 0.15) is 11.5 Å². The third kappa shape index (κ3) is 3.56. The SMILES string of the molecule is CCC(=O)CCc1cc(Cl)ccc1OC. The zero-order valence-electron chi connectivity index (χ0n) is 9.05. The summed E-state index contributed by atoms with van der Waals surface area (Å²) in [6.07, 6.45) is 1.83. The standard InChI is InChI=1S/C12H15ClO2/c1-3-11(14)6-4-9-8-10(13)5-7-12(9)15-2/h5,7-8H,3-4,6H2,1-2H3. The van der Waals surface area contributed by atoms with Crippen molar-refractivity contribution in [2.45, 2.75) is 26.2 Å². The maximum atomic E-state index is 11.2. The molecule has 2 nitrogen and oxygen atoms in total. The molecule has 0 aromatic heterocycles. The van der Waals surface area contributed by atoms with Crippen molar-refractivity contribution in [1.82, 2.24) is 0 Å². The zero-order valence-corrected chi connectivity index (χ0v) is 9.80. The van der Waals surface area contributed by atoms with Gasteiger partial charge in [-0.2, -0.15) is 0 Å². The van der Waals surface area contributed by atoms with Gasteiger partial charge in [0, 0.05) is 17.9 Å². The van der Waals surface area contributed by atoms with Crippen LogP contribution in [-0.2, 0) is 11.2 Å². The van der Waals surface area contributed by atoms with Crippen LogP contribution in [0.25, 0.3) is 0 Å². The predicted octanol–water partition coefficient (Wildman–Crippen LogP) is 3.26. The van der Waals surface area contributed by atoms with E-state index < -0.39 is 0 Å². The highest BCUT2D eigenvalue weighted by atomic mass is 35.5. The molecule has 0 aliphatic carbocycles. The molecule has 0 bridgehead atoms. The summed E-state index contributed by atoms with van der Waals surface area (Å²) in [7, 11) is 1.62. The first-order valence-electron chi connectivity index (χ1n) is 5.01. The monoisotopic (exact) mass is 226 g/mol. The Labute approximate surface area is 95.2 Å². The maximum Gasteiger partial charge on any atom is 0.132 e. The van der Waals surface area contributed by atoms with E-state index in [4.69, 9.17) is 16.3 Å². The van der Waals surface area contributed by atoms with Crippen LogP contribution >= 0.6 is 11.6 Å². The lowest BCUT2D eigenvalue weighted by Gasteiger charge is -2.07. The Kier molecular flexibility index (Phi) is 4.63. The maximum absolute atomic E-state index is 11.2. The average molecular weight is 227 g/mol. The Hall–Kier alpha value is -1.02. The van der Waals surface area contributed by atoms with Gasteiger partial charge in [0.15, 0.2) is 0 Å². The van der Waals surface area contributed by atoms with Crippen molar-refractivity contribution in [3.05, 3.63) is 28.8 Å². The molecule has 0 aliphatic rings. The quantitative estimate of drug-likeness (QED) is 0.771. The highest BCUT2D eigenvalue weighted by molar-refractivity contribution is 6.30. The van der Waals surface area contributed by atoms with Crippen molar-refractivity contribution in [3.8, 4) is 5.75 Å². The lowest BCUT2D eigenvalue weighted by molar-refractivity contribution is -0.118. The fourth-order valence-corrected chi connectivity index (χ4v) is 1.59. The average Bonchev–Trinajstić information content (AvgIpc) is 2.26. The molecule has 0 atom stereocenters. The molecule has 0 aliphatic heterocycles. The molecule has 0 radical (unpaired) electrons. The van der Waals surface area contributed by atoms with E-state index in [9.17, 15) is 4.79 Å². The van der Waals surface area contributed by atoms with Crippen LogP contribution in [0.5, 0.6) is 5.75 Å². The molecule has 0 saturated carbocycles. The molecule has 82 valence electrons. The molecule has 3 heteroatoms. The molecule has 1 aromatic rings. The van der Waals surface area contributed by atoms with Crippen LogP contribution in [-0.4, -0.2) is 12.9 Å². The van der Waals surface area contributed by atoms with Crippen molar-refractivity contribution >= 4 is 17.4 Å². The topological polar surface area (TPSA) is 26.3 Å². The van der Waals surface area contributed by atoms with Gasteiger partial charge in [-0.3, -0.25) is 4.79 Å². The fourth-order valence-electron chi connectivity index (χ4n) is 1.39. The number of ether oxygens (including phenoxy) is 1. The molecule has 0 N–H and O–H groups in total. The number of benzene rings is 1. The van der Waals surface area contributed by atoms with Crippen LogP contribution in [0.15, 0.2) is 18.2 Å². The Morgan fingerprint density at radius 3 is 2.80 bits per heavy atom. The molecule has 0 spiro atoms. The predicted molar refractivity (Wildman–Crippen MR) is 61.6 cm³/mol. The van der Waals surface area contributed by atoms with E-state index in [0.29, 0.717) is 24.3 Å². The van der Waals surface area contributed by atoms with Gasteiger partial charge in [0.2, 0.25) is 0 Å². The minimum Gasteiger partial charge on any atom is -0.496 e. The van der Waals surface area contributed by atoms with Crippen molar-refractivity contribution in [2.24, 2.45) is 0 Å². The van der Waals surface area contributed by atoms with Crippen molar-refractivity contribution < 1.29 is 9.53 Å². The number of halogens is 1. The van der Waals surface area contributed by atoms with E-state index >= 15 is 0 Å². The van der Waals surface area contributed by atoms with Crippen LogP contribution in [0.3, 0.4) is 0 Å². The number of hydrogen-bond acceptors (Lipinski definition) is 2. The highest BCUT2D eigenvalue weighted by Crippen LogP contribution is 2.23. The van der Waals surface area contributed by atoms with Crippen molar-refractivity contribution in [3.63, 3.8) is 0 Å². The summed E-state index contributed by atoms with van der Waals surface area (Å²) in [6.45, 7) is 1.87. The van der Waals surface area contributed by atoms with Crippen LogP contribution in [0.1, 0.15) is 25.3 Å². The molecule has 0 unspecified atom stereocenters. The number of methoxy groups -OCH3 is 1. The highest BCUT2D eigenvalue weighted by Gasteiger charge is 2.06. The second kappa shape index (κ2) is 5.76. The Morgan fingerprint density at radius 2 is 2.20 bits per heavy atom. The van der Waals surface area contributed by atoms with E-state index in [0.717, 1.165) is 11.3 Å². The second-order valence-electron chi connectivity index (χ2n) is 3.35. The molecular weight excluding hydrogens is 212 g/mol. The van der Waals surface area contributed by atoms with Crippen LogP contribution in [0, 0.1) is 0 Å². The van der Waals surface area contributed by atoms with E-state index in [2.05, 4.69) is 0 Å². The summed E-state index contributed by atoms with van der Waals surface area (Å²) in [5, 5.41) is 0.676. The lowest BCUT2D eigenvalue weighted by Crippen LogP contribution is -1.99. The van der Waals surface area contributed by atoms with Gasteiger partial charge in [-0.15, -0.1) is 0 Å². The molecule has 0 saturated heterocycles.